The standard InChI is InChI=1S/C21H21ClN4O4/c1-12(27)25-26-21-18(11-19(28)30-3)23-20(13-4-6-14(22)7-5-13)16-10-15(29-2)8-9-17(16)24-21/h4-10,18H,11H2,1-3H3,(H,24,26)(H,25,27)/t18-/m0/s1/i1D3,2D3. The van der Waals surface area contributed by atoms with Crippen molar-refractivity contribution in [1.82, 2.24) is 10.9 Å². The van der Waals surface area contributed by atoms with Crippen LogP contribution in [0.3, 0.4) is 0 Å². The Bertz CT molecular complexity index is 1210. The minimum absolute atomic E-state index is 0.0160. The van der Waals surface area contributed by atoms with Gasteiger partial charge in [0, 0.05) is 27.1 Å². The number of carbonyl (C=O) groups is 2. The van der Waals surface area contributed by atoms with Crippen molar-refractivity contribution in [2.75, 3.05) is 14.1 Å². The molecule has 30 heavy (non-hydrogen) atoms. The molecule has 1 aliphatic heterocycles. The van der Waals surface area contributed by atoms with E-state index in [1.54, 1.807) is 24.3 Å². The normalized spacial score (nSPS) is 18.9. The summed E-state index contributed by atoms with van der Waals surface area (Å²) in [6.07, 6.45) is -0.310. The van der Waals surface area contributed by atoms with E-state index in [1.165, 1.54) is 25.3 Å². The lowest BCUT2D eigenvalue weighted by molar-refractivity contribution is -0.140. The van der Waals surface area contributed by atoms with Crippen LogP contribution in [-0.4, -0.2) is 43.6 Å². The number of carbonyl (C=O) groups excluding carboxylic acids is 2. The molecule has 2 aromatic rings. The molecule has 0 fully saturated rings. The summed E-state index contributed by atoms with van der Waals surface area (Å²) in [5.74, 6) is -1.97. The highest BCUT2D eigenvalue weighted by atomic mass is 35.5. The maximum atomic E-state index is 12.2. The van der Waals surface area contributed by atoms with Crippen LogP contribution in [0.4, 0.5) is 5.69 Å². The van der Waals surface area contributed by atoms with E-state index >= 15 is 0 Å². The Hall–Kier alpha value is -3.39. The van der Waals surface area contributed by atoms with Crippen LogP contribution in [0.15, 0.2) is 52.4 Å². The number of hydrazine groups is 1. The second-order valence-corrected chi connectivity index (χ2v) is 6.57. The van der Waals surface area contributed by atoms with Gasteiger partial charge in [0.2, 0.25) is 5.91 Å². The average molecular weight is 435 g/mol. The van der Waals surface area contributed by atoms with Crippen molar-refractivity contribution < 1.29 is 27.3 Å². The molecule has 156 valence electrons. The van der Waals surface area contributed by atoms with E-state index in [0.717, 1.165) is 0 Å². The molecule has 0 saturated carbocycles. The Balaban J connectivity index is 2.16. The molecule has 0 aromatic heterocycles. The zero-order valence-corrected chi connectivity index (χ0v) is 16.5. The van der Waals surface area contributed by atoms with Crippen LogP contribution in [0.1, 0.15) is 32.6 Å². The molecule has 1 amide bonds. The molecule has 2 N–H and O–H groups in total. The van der Waals surface area contributed by atoms with Gasteiger partial charge < -0.3 is 9.47 Å². The van der Waals surface area contributed by atoms with Gasteiger partial charge in [0.05, 0.1) is 36.1 Å². The number of hydrogen-bond donors (Lipinski definition) is 2. The molecule has 0 radical (unpaired) electrons. The third-order valence-corrected chi connectivity index (χ3v) is 4.44. The summed E-state index contributed by atoms with van der Waals surface area (Å²) in [4.78, 5) is 33.2. The molecule has 0 aliphatic carbocycles. The molecule has 1 heterocycles. The largest absolute Gasteiger partial charge is 0.497 e. The van der Waals surface area contributed by atoms with E-state index in [4.69, 9.17) is 29.3 Å². The Kier molecular flexibility index (Phi) is 4.57. The quantitative estimate of drug-likeness (QED) is 0.569. The number of amidine groups is 1. The van der Waals surface area contributed by atoms with Crippen molar-refractivity contribution in [2.45, 2.75) is 19.3 Å². The van der Waals surface area contributed by atoms with Crippen molar-refractivity contribution in [2.24, 2.45) is 9.98 Å². The molecule has 0 bridgehead atoms. The van der Waals surface area contributed by atoms with Crippen LogP contribution in [0.25, 0.3) is 0 Å². The highest BCUT2D eigenvalue weighted by Crippen LogP contribution is 2.31. The Labute approximate surface area is 187 Å². The van der Waals surface area contributed by atoms with Crippen LogP contribution in [0.2, 0.25) is 5.02 Å². The molecule has 1 aliphatic rings. The number of aliphatic imine (C=N–C) groups is 2. The summed E-state index contributed by atoms with van der Waals surface area (Å²) in [7, 11) is -1.52. The highest BCUT2D eigenvalue weighted by molar-refractivity contribution is 6.30. The number of rotatable bonds is 4. The smallest absolute Gasteiger partial charge is 0.308 e. The van der Waals surface area contributed by atoms with Gasteiger partial charge in [-0.15, -0.1) is 0 Å². The van der Waals surface area contributed by atoms with Crippen LogP contribution >= 0.6 is 11.6 Å². The number of halogens is 1. The first-order chi connectivity index (χ1) is 16.8. The summed E-state index contributed by atoms with van der Waals surface area (Å²) >= 11 is 6.03. The van der Waals surface area contributed by atoms with Gasteiger partial charge in [-0.25, -0.2) is 4.99 Å². The summed E-state index contributed by atoms with van der Waals surface area (Å²) in [6.45, 7) is -2.94. The van der Waals surface area contributed by atoms with Gasteiger partial charge in [-0.05, 0) is 30.3 Å². The lowest BCUT2D eigenvalue weighted by Crippen LogP contribution is -2.45. The van der Waals surface area contributed by atoms with E-state index in [9.17, 15) is 9.59 Å². The van der Waals surface area contributed by atoms with Crippen molar-refractivity contribution in [1.29, 1.82) is 0 Å². The number of esters is 1. The number of benzene rings is 2. The minimum atomic E-state index is -2.94. The second kappa shape index (κ2) is 9.41. The first kappa shape index (κ1) is 14.6. The molecule has 1 atom stereocenters. The number of methoxy groups -OCH3 is 2. The molecule has 0 saturated heterocycles. The van der Waals surface area contributed by atoms with Crippen LogP contribution < -0.4 is 15.6 Å². The molecule has 9 heteroatoms. The molecular weight excluding hydrogens is 408 g/mol. The summed E-state index contributed by atoms with van der Waals surface area (Å²) in [6, 6.07) is 9.83. The highest BCUT2D eigenvalue weighted by Gasteiger charge is 2.26. The van der Waals surface area contributed by atoms with Gasteiger partial charge >= 0.3 is 5.97 Å². The zero-order valence-electron chi connectivity index (χ0n) is 21.7. The lowest BCUT2D eigenvalue weighted by Gasteiger charge is -2.16. The first-order valence-corrected chi connectivity index (χ1v) is 9.03. The monoisotopic (exact) mass is 434 g/mol. The van der Waals surface area contributed by atoms with Gasteiger partial charge in [0.15, 0.2) is 0 Å². The van der Waals surface area contributed by atoms with Crippen LogP contribution in [-0.2, 0) is 14.3 Å². The molecule has 0 unspecified atom stereocenters. The van der Waals surface area contributed by atoms with Crippen LogP contribution in [0.5, 0.6) is 5.75 Å². The van der Waals surface area contributed by atoms with E-state index < -0.39 is 31.8 Å². The molecule has 3 rings (SSSR count). The predicted molar refractivity (Wildman–Crippen MR) is 115 cm³/mol. The number of amides is 1. The SMILES string of the molecule is [2H]C([2H])([2H])Oc1ccc2c(c1)C(c1ccc(Cl)cc1)=N[C@@H](CC(=O)OC)C(NNC(=O)C([2H])([2H])[2H])=N2. The van der Waals surface area contributed by atoms with E-state index in [2.05, 4.69) is 20.8 Å². The predicted octanol–water partition coefficient (Wildman–Crippen LogP) is 2.80. The Morgan fingerprint density at radius 2 is 2.03 bits per heavy atom. The fraction of sp³-hybridized carbons (Fsp3) is 0.238. The number of ether oxygens (including phenoxy) is 2. The maximum Gasteiger partial charge on any atom is 0.308 e. The Morgan fingerprint density at radius 3 is 2.73 bits per heavy atom. The molecule has 8 nitrogen and oxygen atoms in total. The second-order valence-electron chi connectivity index (χ2n) is 6.14. The molecule has 2 aromatic carbocycles. The third kappa shape index (κ3) is 4.96. The molecule has 0 spiro atoms. The summed E-state index contributed by atoms with van der Waals surface area (Å²) in [5, 5.41) is 0.463. The molecular formula is C21H21ClN4O4. The lowest BCUT2D eigenvalue weighted by atomic mass is 10.00. The Morgan fingerprint density at radius 1 is 1.23 bits per heavy atom. The minimum Gasteiger partial charge on any atom is -0.497 e. The summed E-state index contributed by atoms with van der Waals surface area (Å²) < 4.78 is 53.7. The number of nitrogens with zero attached hydrogens (tertiary/aromatic N) is 2. The maximum absolute atomic E-state index is 12.2. The average Bonchev–Trinajstić information content (AvgIpc) is 2.93. The van der Waals surface area contributed by atoms with Crippen molar-refractivity contribution in [3.8, 4) is 5.75 Å². The van der Waals surface area contributed by atoms with Crippen molar-refractivity contribution in [3.05, 3.63) is 58.6 Å². The zero-order chi connectivity index (χ0) is 26.7. The van der Waals surface area contributed by atoms with Gasteiger partial charge in [-0.2, -0.15) is 0 Å². The third-order valence-electron chi connectivity index (χ3n) is 4.19. The van der Waals surface area contributed by atoms with E-state index in [-0.39, 0.29) is 23.7 Å². The summed E-state index contributed by atoms with van der Waals surface area (Å²) in [5.41, 5.74) is 6.02. The fourth-order valence-electron chi connectivity index (χ4n) is 2.81. The first-order valence-electron chi connectivity index (χ1n) is 11.7. The van der Waals surface area contributed by atoms with Gasteiger partial charge in [0.25, 0.3) is 0 Å². The fourth-order valence-corrected chi connectivity index (χ4v) is 2.94. The van der Waals surface area contributed by atoms with Gasteiger partial charge in [-0.1, -0.05) is 23.7 Å². The van der Waals surface area contributed by atoms with Gasteiger partial charge in [0.1, 0.15) is 17.6 Å². The number of fused-ring (bicyclic) bond motifs is 1. The van der Waals surface area contributed by atoms with Crippen molar-refractivity contribution >= 4 is 40.7 Å². The van der Waals surface area contributed by atoms with Crippen LogP contribution in [0, 0.1) is 0 Å². The number of nitrogens with one attached hydrogen (secondary N) is 2. The van der Waals surface area contributed by atoms with E-state index in [0.29, 0.717) is 21.9 Å². The number of hydrogen-bond acceptors (Lipinski definition) is 7. The van der Waals surface area contributed by atoms with Gasteiger partial charge in [-0.3, -0.25) is 25.4 Å². The van der Waals surface area contributed by atoms with E-state index in [1.807, 2.05) is 0 Å². The topological polar surface area (TPSA) is 101 Å². The van der Waals surface area contributed by atoms with Crippen molar-refractivity contribution in [3.63, 3.8) is 0 Å².